The van der Waals surface area contributed by atoms with Crippen LogP contribution in [0.2, 0.25) is 0 Å². The second-order valence-corrected chi connectivity index (χ2v) is 5.40. The standard InChI is InChI=1S/C11H13BrN2OS/c1-7-5-14-10(15-7)6-13-8(2)11-9(12)3-4-16-11/h3-5,8,13H,6H2,1-2H3. The Morgan fingerprint density at radius 1 is 1.62 bits per heavy atom. The first-order chi connectivity index (χ1) is 7.66. The molecule has 2 aromatic heterocycles. The van der Waals surface area contributed by atoms with Gasteiger partial charge >= 0.3 is 0 Å². The Morgan fingerprint density at radius 2 is 2.44 bits per heavy atom. The molecule has 0 amide bonds. The van der Waals surface area contributed by atoms with E-state index in [1.54, 1.807) is 17.5 Å². The molecule has 2 heterocycles. The first-order valence-corrected chi connectivity index (χ1v) is 6.71. The van der Waals surface area contributed by atoms with E-state index in [4.69, 9.17) is 4.42 Å². The molecule has 3 nitrogen and oxygen atoms in total. The topological polar surface area (TPSA) is 38.1 Å². The van der Waals surface area contributed by atoms with Gasteiger partial charge < -0.3 is 9.73 Å². The lowest BCUT2D eigenvalue weighted by molar-refractivity contribution is 0.433. The van der Waals surface area contributed by atoms with Crippen LogP contribution in [-0.2, 0) is 6.54 Å². The summed E-state index contributed by atoms with van der Waals surface area (Å²) in [6.07, 6.45) is 1.74. The fourth-order valence-corrected chi connectivity index (χ4v) is 3.18. The van der Waals surface area contributed by atoms with Crippen molar-refractivity contribution in [1.29, 1.82) is 0 Å². The van der Waals surface area contributed by atoms with Crippen molar-refractivity contribution in [3.8, 4) is 0 Å². The van der Waals surface area contributed by atoms with Crippen LogP contribution in [0.15, 0.2) is 26.5 Å². The number of rotatable bonds is 4. The number of aromatic nitrogens is 1. The highest BCUT2D eigenvalue weighted by atomic mass is 79.9. The van der Waals surface area contributed by atoms with Crippen molar-refractivity contribution in [2.45, 2.75) is 26.4 Å². The average Bonchev–Trinajstić information content (AvgIpc) is 2.84. The summed E-state index contributed by atoms with van der Waals surface area (Å²) in [6.45, 7) is 4.68. The molecule has 1 N–H and O–H groups in total. The quantitative estimate of drug-likeness (QED) is 0.936. The molecule has 0 bridgehead atoms. The molecule has 2 rings (SSSR count). The molecule has 1 unspecified atom stereocenters. The van der Waals surface area contributed by atoms with Crippen molar-refractivity contribution in [2.75, 3.05) is 0 Å². The van der Waals surface area contributed by atoms with Crippen LogP contribution in [0, 0.1) is 6.92 Å². The average molecular weight is 301 g/mol. The molecule has 0 saturated heterocycles. The van der Waals surface area contributed by atoms with Crippen LogP contribution in [0.25, 0.3) is 0 Å². The van der Waals surface area contributed by atoms with E-state index in [2.05, 4.69) is 44.6 Å². The second kappa shape index (κ2) is 5.12. The van der Waals surface area contributed by atoms with Gasteiger partial charge in [0.1, 0.15) is 5.76 Å². The number of hydrogen-bond acceptors (Lipinski definition) is 4. The highest BCUT2D eigenvalue weighted by molar-refractivity contribution is 9.10. The number of nitrogens with one attached hydrogen (secondary N) is 1. The summed E-state index contributed by atoms with van der Waals surface area (Å²) in [4.78, 5) is 5.45. The number of oxazole rings is 1. The Labute approximate surface area is 107 Å². The van der Waals surface area contributed by atoms with Crippen LogP contribution >= 0.6 is 27.3 Å². The van der Waals surface area contributed by atoms with E-state index < -0.39 is 0 Å². The third kappa shape index (κ3) is 2.72. The van der Waals surface area contributed by atoms with Crippen molar-refractivity contribution in [3.05, 3.63) is 38.6 Å². The highest BCUT2D eigenvalue weighted by Gasteiger charge is 2.11. The zero-order valence-electron chi connectivity index (χ0n) is 9.16. The molecule has 86 valence electrons. The van der Waals surface area contributed by atoms with Gasteiger partial charge in [-0.25, -0.2) is 4.98 Å². The van der Waals surface area contributed by atoms with E-state index in [0.717, 1.165) is 16.1 Å². The third-order valence-electron chi connectivity index (χ3n) is 2.27. The van der Waals surface area contributed by atoms with E-state index in [1.165, 1.54) is 4.88 Å². The molecule has 0 aromatic carbocycles. The Morgan fingerprint density at radius 3 is 3.00 bits per heavy atom. The van der Waals surface area contributed by atoms with Gasteiger partial charge in [-0.2, -0.15) is 0 Å². The normalized spacial score (nSPS) is 12.9. The fraction of sp³-hybridized carbons (Fsp3) is 0.364. The summed E-state index contributed by atoms with van der Waals surface area (Å²) < 4.78 is 6.55. The second-order valence-electron chi connectivity index (χ2n) is 3.60. The zero-order chi connectivity index (χ0) is 11.5. The van der Waals surface area contributed by atoms with E-state index in [9.17, 15) is 0 Å². The van der Waals surface area contributed by atoms with Crippen molar-refractivity contribution in [1.82, 2.24) is 10.3 Å². The number of hydrogen-bond donors (Lipinski definition) is 1. The minimum absolute atomic E-state index is 0.293. The van der Waals surface area contributed by atoms with Crippen LogP contribution < -0.4 is 5.32 Å². The summed E-state index contributed by atoms with van der Waals surface area (Å²) in [5.41, 5.74) is 0. The van der Waals surface area contributed by atoms with E-state index in [1.807, 2.05) is 6.92 Å². The van der Waals surface area contributed by atoms with Crippen molar-refractivity contribution in [2.24, 2.45) is 0 Å². The number of thiophene rings is 1. The van der Waals surface area contributed by atoms with Gasteiger partial charge in [0, 0.05) is 15.4 Å². The Hall–Kier alpha value is -0.650. The van der Waals surface area contributed by atoms with Crippen LogP contribution in [0.5, 0.6) is 0 Å². The largest absolute Gasteiger partial charge is 0.445 e. The SMILES string of the molecule is Cc1cnc(CNC(C)c2sccc2Br)o1. The number of halogens is 1. The molecule has 0 aliphatic rings. The lowest BCUT2D eigenvalue weighted by atomic mass is 10.3. The van der Waals surface area contributed by atoms with Crippen LogP contribution in [0.4, 0.5) is 0 Å². The van der Waals surface area contributed by atoms with Gasteiger partial charge in [-0.15, -0.1) is 11.3 Å². The molecule has 0 aliphatic heterocycles. The Balaban J connectivity index is 1.93. The minimum Gasteiger partial charge on any atom is -0.445 e. The zero-order valence-corrected chi connectivity index (χ0v) is 11.6. The number of aryl methyl sites for hydroxylation is 1. The molecule has 0 spiro atoms. The fourth-order valence-electron chi connectivity index (χ4n) is 1.43. The molecule has 0 radical (unpaired) electrons. The van der Waals surface area contributed by atoms with Gasteiger partial charge in [0.25, 0.3) is 0 Å². The van der Waals surface area contributed by atoms with Crippen LogP contribution in [0.3, 0.4) is 0 Å². The molecule has 0 aliphatic carbocycles. The summed E-state index contributed by atoms with van der Waals surface area (Å²) >= 11 is 5.27. The molecule has 0 saturated carbocycles. The van der Waals surface area contributed by atoms with Crippen molar-refractivity contribution < 1.29 is 4.42 Å². The first kappa shape index (κ1) is 11.8. The van der Waals surface area contributed by atoms with Gasteiger partial charge in [0.15, 0.2) is 0 Å². The molecule has 2 aromatic rings. The summed E-state index contributed by atoms with van der Waals surface area (Å²) in [7, 11) is 0. The van der Waals surface area contributed by atoms with Gasteiger partial charge in [-0.3, -0.25) is 0 Å². The van der Waals surface area contributed by atoms with E-state index >= 15 is 0 Å². The molecular weight excluding hydrogens is 288 g/mol. The molecule has 1 atom stereocenters. The number of nitrogens with zero attached hydrogens (tertiary/aromatic N) is 1. The maximum Gasteiger partial charge on any atom is 0.208 e. The van der Waals surface area contributed by atoms with Gasteiger partial charge in [-0.05, 0) is 41.2 Å². The van der Waals surface area contributed by atoms with Crippen LogP contribution in [0.1, 0.15) is 29.5 Å². The summed E-state index contributed by atoms with van der Waals surface area (Å²) in [5, 5.41) is 5.46. The summed E-state index contributed by atoms with van der Waals surface area (Å²) in [6, 6.07) is 2.36. The lowest BCUT2D eigenvalue weighted by Crippen LogP contribution is -2.17. The van der Waals surface area contributed by atoms with Gasteiger partial charge in [0.05, 0.1) is 12.7 Å². The lowest BCUT2D eigenvalue weighted by Gasteiger charge is -2.11. The molecule has 0 fully saturated rings. The third-order valence-corrected chi connectivity index (χ3v) is 4.32. The smallest absolute Gasteiger partial charge is 0.208 e. The molecular formula is C11H13BrN2OS. The van der Waals surface area contributed by atoms with E-state index in [0.29, 0.717) is 12.6 Å². The minimum atomic E-state index is 0.293. The van der Waals surface area contributed by atoms with Gasteiger partial charge in [0.2, 0.25) is 5.89 Å². The van der Waals surface area contributed by atoms with Gasteiger partial charge in [-0.1, -0.05) is 0 Å². The Bertz CT molecular complexity index is 466. The maximum atomic E-state index is 5.40. The molecule has 16 heavy (non-hydrogen) atoms. The van der Waals surface area contributed by atoms with Crippen LogP contribution in [-0.4, -0.2) is 4.98 Å². The monoisotopic (exact) mass is 300 g/mol. The summed E-state index contributed by atoms with van der Waals surface area (Å²) in [5.74, 6) is 1.58. The molecule has 5 heteroatoms. The van der Waals surface area contributed by atoms with Crippen molar-refractivity contribution in [3.63, 3.8) is 0 Å². The predicted molar refractivity (Wildman–Crippen MR) is 68.5 cm³/mol. The predicted octanol–water partition coefficient (Wildman–Crippen LogP) is 3.66. The van der Waals surface area contributed by atoms with E-state index in [-0.39, 0.29) is 0 Å². The Kier molecular flexibility index (Phi) is 3.78. The first-order valence-electron chi connectivity index (χ1n) is 5.04. The maximum absolute atomic E-state index is 5.40. The highest BCUT2D eigenvalue weighted by Crippen LogP contribution is 2.28. The van der Waals surface area contributed by atoms with Crippen molar-refractivity contribution >= 4 is 27.3 Å².